The van der Waals surface area contributed by atoms with Crippen LogP contribution >= 0.6 is 0 Å². The minimum atomic E-state index is -0.126. The van der Waals surface area contributed by atoms with Crippen molar-refractivity contribution in [1.29, 1.82) is 0 Å². The van der Waals surface area contributed by atoms with E-state index in [2.05, 4.69) is 6.07 Å². The number of nitrogens with zero attached hydrogens (tertiary/aromatic N) is 2. The average Bonchev–Trinajstić information content (AvgIpc) is 3.40. The molecule has 0 bridgehead atoms. The Bertz CT molecular complexity index is 834. The third-order valence-corrected chi connectivity index (χ3v) is 5.70. The van der Waals surface area contributed by atoms with Crippen molar-refractivity contribution in [2.45, 2.75) is 52.1 Å². The number of aryl methyl sites for hydroxylation is 2. The third kappa shape index (κ3) is 4.13. The largest absolute Gasteiger partial charge is 0.467 e. The Balaban J connectivity index is 1.46. The normalized spacial score (nSPS) is 19.5. The molecular formula is C23H28N2O3. The van der Waals surface area contributed by atoms with Crippen molar-refractivity contribution < 1.29 is 14.0 Å². The van der Waals surface area contributed by atoms with Gasteiger partial charge in [0.1, 0.15) is 5.76 Å². The van der Waals surface area contributed by atoms with Gasteiger partial charge in [0.05, 0.1) is 18.7 Å². The molecule has 1 saturated heterocycles. The molecule has 1 saturated carbocycles. The van der Waals surface area contributed by atoms with Crippen LogP contribution in [0.5, 0.6) is 0 Å². The molecule has 4 rings (SSSR count). The van der Waals surface area contributed by atoms with Gasteiger partial charge in [0.25, 0.3) is 5.91 Å². The molecule has 5 heteroatoms. The van der Waals surface area contributed by atoms with Crippen LogP contribution in [0, 0.1) is 19.8 Å². The monoisotopic (exact) mass is 380 g/mol. The van der Waals surface area contributed by atoms with Gasteiger partial charge in [-0.3, -0.25) is 9.59 Å². The van der Waals surface area contributed by atoms with Crippen molar-refractivity contribution in [2.24, 2.45) is 5.92 Å². The molecule has 0 unspecified atom stereocenters. The van der Waals surface area contributed by atoms with E-state index in [4.69, 9.17) is 4.42 Å². The molecule has 2 aromatic rings. The lowest BCUT2D eigenvalue weighted by Gasteiger charge is -2.35. The molecule has 1 aliphatic heterocycles. The molecule has 0 spiro atoms. The fourth-order valence-corrected chi connectivity index (χ4v) is 4.22. The van der Waals surface area contributed by atoms with Crippen LogP contribution in [0.3, 0.4) is 0 Å². The Morgan fingerprint density at radius 3 is 2.54 bits per heavy atom. The topological polar surface area (TPSA) is 53.8 Å². The number of likely N-dealkylation sites (tertiary alicyclic amines) is 1. The van der Waals surface area contributed by atoms with Crippen LogP contribution in [0.15, 0.2) is 41.0 Å². The van der Waals surface area contributed by atoms with E-state index >= 15 is 0 Å². The highest BCUT2D eigenvalue weighted by Gasteiger charge is 2.38. The van der Waals surface area contributed by atoms with E-state index in [1.54, 1.807) is 6.26 Å². The van der Waals surface area contributed by atoms with Crippen LogP contribution in [-0.4, -0.2) is 40.7 Å². The van der Waals surface area contributed by atoms with Crippen LogP contribution < -0.4 is 0 Å². The van der Waals surface area contributed by atoms with Gasteiger partial charge in [-0.25, -0.2) is 0 Å². The molecule has 1 aliphatic carbocycles. The summed E-state index contributed by atoms with van der Waals surface area (Å²) in [6.45, 7) is 5.77. The van der Waals surface area contributed by atoms with Crippen molar-refractivity contribution in [1.82, 2.24) is 9.80 Å². The number of amides is 2. The number of furan rings is 1. The maximum Gasteiger partial charge on any atom is 0.253 e. The van der Waals surface area contributed by atoms with E-state index in [9.17, 15) is 9.59 Å². The van der Waals surface area contributed by atoms with E-state index in [-0.39, 0.29) is 17.7 Å². The lowest BCUT2D eigenvalue weighted by atomic mass is 9.95. The molecule has 5 nitrogen and oxygen atoms in total. The first-order valence-corrected chi connectivity index (χ1v) is 10.2. The molecule has 0 N–H and O–H groups in total. The van der Waals surface area contributed by atoms with Crippen molar-refractivity contribution >= 4 is 11.8 Å². The standard InChI is InChI=1S/C23H28N2O3/c1-16-11-17(2)13-19(12-16)22(26)24-9-3-5-18(14-24)23(27)25(20-7-8-20)15-21-6-4-10-28-21/h4,6,10-13,18,20H,3,5,7-9,14-15H2,1-2H3/t18-/m0/s1. The van der Waals surface area contributed by atoms with Crippen LogP contribution in [0.2, 0.25) is 0 Å². The SMILES string of the molecule is Cc1cc(C)cc(C(=O)N2CCC[C@H](C(=O)N(Cc3ccco3)C3CC3)C2)c1. The summed E-state index contributed by atoms with van der Waals surface area (Å²) < 4.78 is 5.46. The predicted octanol–water partition coefficient (Wildman–Crippen LogP) is 3.94. The van der Waals surface area contributed by atoms with E-state index in [1.165, 1.54) is 0 Å². The summed E-state index contributed by atoms with van der Waals surface area (Å²) in [6, 6.07) is 10.0. The summed E-state index contributed by atoms with van der Waals surface area (Å²) in [7, 11) is 0. The van der Waals surface area contributed by atoms with Crippen LogP contribution in [0.25, 0.3) is 0 Å². The molecule has 2 aliphatic rings. The zero-order chi connectivity index (χ0) is 19.7. The molecule has 148 valence electrons. The summed E-state index contributed by atoms with van der Waals surface area (Å²) in [6.07, 6.45) is 5.48. The molecule has 1 atom stereocenters. The molecule has 0 radical (unpaired) electrons. The molecule has 1 aromatic heterocycles. The minimum absolute atomic E-state index is 0.0355. The van der Waals surface area contributed by atoms with Gasteiger partial charge in [0.15, 0.2) is 0 Å². The van der Waals surface area contributed by atoms with Gasteiger partial charge >= 0.3 is 0 Å². The summed E-state index contributed by atoms with van der Waals surface area (Å²) in [5, 5.41) is 0. The van der Waals surface area contributed by atoms with E-state index in [0.717, 1.165) is 54.7 Å². The molecule has 2 fully saturated rings. The maximum atomic E-state index is 13.3. The Kier molecular flexibility index (Phi) is 5.25. The van der Waals surface area contributed by atoms with Crippen molar-refractivity contribution in [3.05, 3.63) is 59.0 Å². The van der Waals surface area contributed by atoms with Crippen LogP contribution in [0.1, 0.15) is 52.9 Å². The number of piperidine rings is 1. The second-order valence-electron chi connectivity index (χ2n) is 8.24. The summed E-state index contributed by atoms with van der Waals surface area (Å²) in [4.78, 5) is 30.1. The highest BCUT2D eigenvalue weighted by atomic mass is 16.3. The first-order chi connectivity index (χ1) is 13.5. The second kappa shape index (κ2) is 7.82. The van der Waals surface area contributed by atoms with Crippen LogP contribution in [-0.2, 0) is 11.3 Å². The first-order valence-electron chi connectivity index (χ1n) is 10.2. The minimum Gasteiger partial charge on any atom is -0.467 e. The Hall–Kier alpha value is -2.56. The number of carbonyl (C=O) groups is 2. The van der Waals surface area contributed by atoms with Crippen LogP contribution in [0.4, 0.5) is 0 Å². The zero-order valence-electron chi connectivity index (χ0n) is 16.7. The van der Waals surface area contributed by atoms with Gasteiger partial charge in [0.2, 0.25) is 5.91 Å². The van der Waals surface area contributed by atoms with Crippen molar-refractivity contribution in [3.63, 3.8) is 0 Å². The van der Waals surface area contributed by atoms with Gasteiger partial charge in [0, 0.05) is 24.7 Å². The lowest BCUT2D eigenvalue weighted by molar-refractivity contribution is -0.138. The van der Waals surface area contributed by atoms with Gasteiger partial charge in [-0.2, -0.15) is 0 Å². The molecule has 28 heavy (non-hydrogen) atoms. The number of benzene rings is 1. The Labute approximate surface area is 166 Å². The van der Waals surface area contributed by atoms with Crippen molar-refractivity contribution in [3.8, 4) is 0 Å². The fourth-order valence-electron chi connectivity index (χ4n) is 4.22. The van der Waals surface area contributed by atoms with Gasteiger partial charge in [-0.1, -0.05) is 17.2 Å². The quantitative estimate of drug-likeness (QED) is 0.789. The van der Waals surface area contributed by atoms with E-state index < -0.39 is 0 Å². The highest BCUT2D eigenvalue weighted by Crippen LogP contribution is 2.32. The average molecular weight is 380 g/mol. The molecule has 1 aromatic carbocycles. The van der Waals surface area contributed by atoms with E-state index in [1.807, 2.05) is 47.9 Å². The smallest absolute Gasteiger partial charge is 0.253 e. The van der Waals surface area contributed by atoms with Gasteiger partial charge in [-0.05, 0) is 63.8 Å². The zero-order valence-corrected chi connectivity index (χ0v) is 16.7. The first kappa shape index (κ1) is 18.8. The Morgan fingerprint density at radius 1 is 1.14 bits per heavy atom. The van der Waals surface area contributed by atoms with Gasteiger partial charge < -0.3 is 14.2 Å². The molecule has 2 heterocycles. The number of hydrogen-bond donors (Lipinski definition) is 0. The highest BCUT2D eigenvalue weighted by molar-refractivity contribution is 5.95. The Morgan fingerprint density at radius 2 is 1.89 bits per heavy atom. The lowest BCUT2D eigenvalue weighted by Crippen LogP contribution is -2.47. The number of rotatable bonds is 5. The molecule has 2 amide bonds. The summed E-state index contributed by atoms with van der Waals surface area (Å²) in [5.41, 5.74) is 2.90. The summed E-state index contributed by atoms with van der Waals surface area (Å²) >= 11 is 0. The van der Waals surface area contributed by atoms with Gasteiger partial charge in [-0.15, -0.1) is 0 Å². The number of carbonyl (C=O) groups excluding carboxylic acids is 2. The number of hydrogen-bond acceptors (Lipinski definition) is 3. The second-order valence-corrected chi connectivity index (χ2v) is 8.24. The fraction of sp³-hybridized carbons (Fsp3) is 0.478. The summed E-state index contributed by atoms with van der Waals surface area (Å²) in [5.74, 6) is 0.892. The maximum absolute atomic E-state index is 13.3. The third-order valence-electron chi connectivity index (χ3n) is 5.70. The van der Waals surface area contributed by atoms with Crippen molar-refractivity contribution in [2.75, 3.05) is 13.1 Å². The molecular weight excluding hydrogens is 352 g/mol. The van der Waals surface area contributed by atoms with E-state index in [0.29, 0.717) is 19.1 Å². The predicted molar refractivity (Wildman–Crippen MR) is 107 cm³/mol.